The zero-order chi connectivity index (χ0) is 17.7. The normalized spacial score (nSPS) is 12.1. The smallest absolute Gasteiger partial charge is 0.361 e. The van der Waals surface area contributed by atoms with Gasteiger partial charge >= 0.3 is 6.18 Å². The van der Waals surface area contributed by atoms with E-state index < -0.39 is 20.8 Å². The van der Waals surface area contributed by atoms with Gasteiger partial charge in [-0.15, -0.1) is 0 Å². The molecule has 0 fully saturated rings. The Hall–Kier alpha value is -1.11. The largest absolute Gasteiger partial charge is 0.406 e. The van der Waals surface area contributed by atoms with Gasteiger partial charge in [0.1, 0.15) is 19.3 Å². The van der Waals surface area contributed by atoms with Crippen molar-refractivity contribution < 1.29 is 17.9 Å². The Morgan fingerprint density at radius 2 is 2.04 bits per heavy atom. The van der Waals surface area contributed by atoms with Gasteiger partial charge in [0.15, 0.2) is 5.69 Å². The van der Waals surface area contributed by atoms with Gasteiger partial charge in [0.05, 0.1) is 16.4 Å². The summed E-state index contributed by atoms with van der Waals surface area (Å²) in [5, 5.41) is 8.83. The summed E-state index contributed by atoms with van der Waals surface area (Å²) in [7, 11) is -1.30. The van der Waals surface area contributed by atoms with Gasteiger partial charge in [-0.2, -0.15) is 18.4 Å². The Bertz CT molecular complexity index is 570. The summed E-state index contributed by atoms with van der Waals surface area (Å²) in [6.07, 6.45) is -3.11. The molecule has 0 aliphatic heterocycles. The molecule has 0 unspecified atom stereocenters. The molecule has 1 rings (SSSR count). The molecular formula is C14H19BrF3N3OSi. The number of nitriles is 1. The highest BCUT2D eigenvalue weighted by atomic mass is 79.9. The van der Waals surface area contributed by atoms with Crippen LogP contribution in [-0.2, 0) is 4.74 Å². The van der Waals surface area contributed by atoms with E-state index in [9.17, 15) is 13.2 Å². The Balaban J connectivity index is 2.80. The van der Waals surface area contributed by atoms with Gasteiger partial charge in [-0.3, -0.25) is 0 Å². The van der Waals surface area contributed by atoms with Crippen LogP contribution in [0.4, 0.5) is 18.9 Å². The van der Waals surface area contributed by atoms with Crippen LogP contribution in [0.5, 0.6) is 0 Å². The minimum Gasteiger partial charge on any atom is -0.361 e. The number of aromatic nitrogens is 1. The third kappa shape index (κ3) is 7.81. The lowest BCUT2D eigenvalue weighted by Gasteiger charge is -2.26. The van der Waals surface area contributed by atoms with E-state index in [1.54, 1.807) is 0 Å². The van der Waals surface area contributed by atoms with E-state index in [4.69, 9.17) is 10.00 Å². The standard InChI is InChI=1S/C14H19BrF3N3OSi/c1-23(2,3)5-4-22-10-21(9-14(16,17)18)11-6-12(15)13(7-19)20-8-11/h6,8H,4-5,9-10H2,1-3H3. The van der Waals surface area contributed by atoms with E-state index in [0.29, 0.717) is 11.1 Å². The number of hydrogen-bond donors (Lipinski definition) is 0. The number of halogens is 4. The van der Waals surface area contributed by atoms with Gasteiger partial charge < -0.3 is 9.64 Å². The van der Waals surface area contributed by atoms with Gasteiger partial charge in [-0.05, 0) is 28.0 Å². The van der Waals surface area contributed by atoms with Crippen molar-refractivity contribution in [3.63, 3.8) is 0 Å². The third-order valence-corrected chi connectivity index (χ3v) is 5.22. The van der Waals surface area contributed by atoms with Crippen LogP contribution in [0, 0.1) is 11.3 Å². The number of hydrogen-bond acceptors (Lipinski definition) is 4. The van der Waals surface area contributed by atoms with Gasteiger partial charge in [0, 0.05) is 14.7 Å². The highest BCUT2D eigenvalue weighted by Gasteiger charge is 2.31. The van der Waals surface area contributed by atoms with E-state index >= 15 is 0 Å². The first-order valence-corrected chi connectivity index (χ1v) is 11.5. The Morgan fingerprint density at radius 1 is 1.39 bits per heavy atom. The summed E-state index contributed by atoms with van der Waals surface area (Å²) in [5.74, 6) is 0. The number of anilines is 1. The van der Waals surface area contributed by atoms with Gasteiger partial charge in [-0.25, -0.2) is 4.98 Å². The highest BCUT2D eigenvalue weighted by Crippen LogP contribution is 2.25. The fraction of sp³-hybridized carbons (Fsp3) is 0.571. The molecule has 1 aromatic rings. The maximum Gasteiger partial charge on any atom is 0.406 e. The maximum atomic E-state index is 12.8. The molecule has 1 heterocycles. The predicted molar refractivity (Wildman–Crippen MR) is 89.0 cm³/mol. The second-order valence-corrected chi connectivity index (χ2v) is 12.8. The van der Waals surface area contributed by atoms with Gasteiger partial charge in [-0.1, -0.05) is 19.6 Å². The molecule has 0 amide bonds. The summed E-state index contributed by atoms with van der Waals surface area (Å²) >= 11 is 3.14. The van der Waals surface area contributed by atoms with Crippen molar-refractivity contribution in [1.82, 2.24) is 4.98 Å². The van der Waals surface area contributed by atoms with Crippen molar-refractivity contribution in [1.29, 1.82) is 5.26 Å². The molecule has 23 heavy (non-hydrogen) atoms. The summed E-state index contributed by atoms with van der Waals surface area (Å²) in [6, 6.07) is 4.17. The molecule has 0 bridgehead atoms. The van der Waals surface area contributed by atoms with Crippen molar-refractivity contribution in [2.45, 2.75) is 31.9 Å². The highest BCUT2D eigenvalue weighted by molar-refractivity contribution is 9.10. The topological polar surface area (TPSA) is 49.1 Å². The number of alkyl halides is 3. The lowest BCUT2D eigenvalue weighted by atomic mass is 10.3. The van der Waals surface area contributed by atoms with Crippen molar-refractivity contribution in [3.8, 4) is 6.07 Å². The maximum absolute atomic E-state index is 12.8. The van der Waals surface area contributed by atoms with Crippen LogP contribution in [-0.4, -0.2) is 39.1 Å². The molecule has 0 aliphatic rings. The average molecular weight is 410 g/mol. The molecule has 0 aromatic carbocycles. The van der Waals surface area contributed by atoms with Crippen LogP contribution < -0.4 is 4.90 Å². The minimum absolute atomic E-state index is 0.125. The van der Waals surface area contributed by atoms with Gasteiger partial charge in [0.25, 0.3) is 0 Å². The number of ether oxygens (including phenoxy) is 1. The summed E-state index contributed by atoms with van der Waals surface area (Å²) in [4.78, 5) is 4.91. The first kappa shape index (κ1) is 19.9. The molecule has 0 spiro atoms. The zero-order valence-corrected chi connectivity index (χ0v) is 15.8. The summed E-state index contributed by atoms with van der Waals surface area (Å²) in [5.41, 5.74) is 0.376. The Morgan fingerprint density at radius 3 is 2.52 bits per heavy atom. The van der Waals surface area contributed by atoms with Crippen molar-refractivity contribution in [3.05, 3.63) is 22.4 Å². The molecule has 0 atom stereocenters. The first-order chi connectivity index (χ1) is 10.5. The van der Waals surface area contributed by atoms with Crippen LogP contribution in [0.25, 0.3) is 0 Å². The second-order valence-electron chi connectivity index (χ2n) is 6.30. The van der Waals surface area contributed by atoms with Crippen LogP contribution in [0.2, 0.25) is 25.7 Å². The van der Waals surface area contributed by atoms with E-state index in [1.807, 2.05) is 6.07 Å². The van der Waals surface area contributed by atoms with E-state index in [0.717, 1.165) is 10.9 Å². The monoisotopic (exact) mass is 409 g/mol. The zero-order valence-electron chi connectivity index (χ0n) is 13.2. The van der Waals surface area contributed by atoms with Crippen LogP contribution in [0.3, 0.4) is 0 Å². The van der Waals surface area contributed by atoms with E-state index in [-0.39, 0.29) is 18.1 Å². The molecule has 0 saturated heterocycles. The molecule has 128 valence electrons. The third-order valence-electron chi connectivity index (χ3n) is 2.91. The van der Waals surface area contributed by atoms with Crippen molar-refractivity contribution in [2.75, 3.05) is 24.8 Å². The van der Waals surface area contributed by atoms with Crippen LogP contribution in [0.1, 0.15) is 5.69 Å². The summed E-state index contributed by atoms with van der Waals surface area (Å²) in [6.45, 7) is 5.63. The van der Waals surface area contributed by atoms with E-state index in [2.05, 4.69) is 40.6 Å². The molecule has 4 nitrogen and oxygen atoms in total. The predicted octanol–water partition coefficient (Wildman–Crippen LogP) is 4.40. The Kier molecular flexibility index (Phi) is 7.04. The SMILES string of the molecule is C[Si](C)(C)CCOCN(CC(F)(F)F)c1cnc(C#N)c(Br)c1. The minimum atomic E-state index is -4.36. The molecule has 0 radical (unpaired) electrons. The number of rotatable bonds is 7. The molecule has 0 saturated carbocycles. The quantitative estimate of drug-likeness (QED) is 0.380. The molecule has 0 N–H and O–H groups in total. The molecular weight excluding hydrogens is 391 g/mol. The number of nitrogens with zero attached hydrogens (tertiary/aromatic N) is 3. The molecule has 9 heteroatoms. The first-order valence-electron chi connectivity index (χ1n) is 6.97. The molecule has 1 aromatic heterocycles. The van der Waals surface area contributed by atoms with Crippen molar-refractivity contribution >= 4 is 29.7 Å². The van der Waals surface area contributed by atoms with Crippen LogP contribution in [0.15, 0.2) is 16.7 Å². The summed E-state index contributed by atoms with van der Waals surface area (Å²) < 4.78 is 44.1. The molecule has 0 aliphatic carbocycles. The van der Waals surface area contributed by atoms with E-state index in [1.165, 1.54) is 12.3 Å². The van der Waals surface area contributed by atoms with Crippen molar-refractivity contribution in [2.24, 2.45) is 0 Å². The lowest BCUT2D eigenvalue weighted by molar-refractivity contribution is -0.122. The van der Waals surface area contributed by atoms with Crippen LogP contribution >= 0.6 is 15.9 Å². The Labute approximate surface area is 143 Å². The fourth-order valence-corrected chi connectivity index (χ4v) is 2.85. The van der Waals surface area contributed by atoms with Gasteiger partial charge in [0.2, 0.25) is 0 Å². The lowest BCUT2D eigenvalue weighted by Crippen LogP contribution is -2.36. The number of pyridine rings is 1. The average Bonchev–Trinajstić information content (AvgIpc) is 2.39. The second kappa shape index (κ2) is 8.12. The fourth-order valence-electron chi connectivity index (χ4n) is 1.66.